The van der Waals surface area contributed by atoms with E-state index in [0.717, 1.165) is 30.0 Å². The first kappa shape index (κ1) is 14.0. The average molecular weight is 312 g/mol. The van der Waals surface area contributed by atoms with E-state index < -0.39 is 11.7 Å². The molecule has 0 fully saturated rings. The Hall–Kier alpha value is -1.96. The van der Waals surface area contributed by atoms with Crippen LogP contribution < -0.4 is 0 Å². The van der Waals surface area contributed by atoms with Crippen LogP contribution in [0.4, 0.5) is 13.2 Å². The predicted molar refractivity (Wildman–Crippen MR) is 73.1 cm³/mol. The number of benzene rings is 1. The maximum atomic E-state index is 12.8. The van der Waals surface area contributed by atoms with Crippen molar-refractivity contribution >= 4 is 16.3 Å². The van der Waals surface area contributed by atoms with Crippen LogP contribution in [0.5, 0.6) is 0 Å². The van der Waals surface area contributed by atoms with Crippen molar-refractivity contribution in [2.24, 2.45) is 0 Å². The number of alkyl halides is 3. The largest absolute Gasteiger partial charge is 0.416 e. The molecule has 0 saturated carbocycles. The zero-order valence-electron chi connectivity index (χ0n) is 11.1. The molecule has 0 spiro atoms. The van der Waals surface area contributed by atoms with Gasteiger partial charge in [0.2, 0.25) is 4.96 Å². The second-order valence-corrected chi connectivity index (χ2v) is 5.58. The number of nitrogens with zero attached hydrogens (tertiary/aromatic N) is 4. The highest BCUT2D eigenvalue weighted by molar-refractivity contribution is 7.16. The molecule has 0 saturated heterocycles. The Kier molecular flexibility index (Phi) is 3.40. The molecule has 0 N–H and O–H groups in total. The van der Waals surface area contributed by atoms with Crippen LogP contribution in [0.25, 0.3) is 16.3 Å². The van der Waals surface area contributed by atoms with Gasteiger partial charge in [0.05, 0.1) is 5.56 Å². The average Bonchev–Trinajstić information content (AvgIpc) is 2.98. The van der Waals surface area contributed by atoms with E-state index in [1.165, 1.54) is 21.9 Å². The van der Waals surface area contributed by atoms with Crippen LogP contribution in [0.15, 0.2) is 24.3 Å². The molecule has 0 bridgehead atoms. The molecule has 0 radical (unpaired) electrons. The fourth-order valence-corrected chi connectivity index (χ4v) is 2.92. The molecule has 3 rings (SSSR count). The minimum absolute atomic E-state index is 0.328. The zero-order valence-corrected chi connectivity index (χ0v) is 11.9. The van der Waals surface area contributed by atoms with Crippen LogP contribution in [0.3, 0.4) is 0 Å². The van der Waals surface area contributed by atoms with E-state index in [-0.39, 0.29) is 0 Å². The molecule has 110 valence electrons. The Balaban J connectivity index is 2.08. The summed E-state index contributed by atoms with van der Waals surface area (Å²) >= 11 is 1.40. The summed E-state index contributed by atoms with van der Waals surface area (Å²) in [4.78, 5) is 0.589. The van der Waals surface area contributed by atoms with E-state index in [0.29, 0.717) is 16.3 Å². The van der Waals surface area contributed by atoms with E-state index in [4.69, 9.17) is 0 Å². The molecular formula is C13H11F3N4S. The number of fused-ring (bicyclic) bond motifs is 1. The highest BCUT2D eigenvalue weighted by Gasteiger charge is 2.30. The van der Waals surface area contributed by atoms with E-state index in [1.807, 2.05) is 6.92 Å². The highest BCUT2D eigenvalue weighted by atomic mass is 32.1. The third-order valence-corrected chi connectivity index (χ3v) is 3.90. The summed E-state index contributed by atoms with van der Waals surface area (Å²) in [5.41, 5.74) is -0.355. The minimum Gasteiger partial charge on any atom is -0.183 e. The van der Waals surface area contributed by atoms with Crippen LogP contribution in [0.2, 0.25) is 0 Å². The van der Waals surface area contributed by atoms with Gasteiger partial charge in [0.15, 0.2) is 5.82 Å². The van der Waals surface area contributed by atoms with Crippen LogP contribution in [0.1, 0.15) is 23.9 Å². The van der Waals surface area contributed by atoms with Gasteiger partial charge < -0.3 is 0 Å². The molecule has 21 heavy (non-hydrogen) atoms. The fourth-order valence-electron chi connectivity index (χ4n) is 1.99. The van der Waals surface area contributed by atoms with Gasteiger partial charge in [0.1, 0.15) is 5.01 Å². The summed E-state index contributed by atoms with van der Waals surface area (Å²) in [6, 6.07) is 5.03. The first-order valence-corrected chi connectivity index (χ1v) is 7.19. The molecule has 0 atom stereocenters. The molecule has 4 nitrogen and oxygen atoms in total. The molecular weight excluding hydrogens is 301 g/mol. The Morgan fingerprint density at radius 1 is 1.24 bits per heavy atom. The van der Waals surface area contributed by atoms with Gasteiger partial charge in [-0.05, 0) is 18.6 Å². The molecule has 0 aliphatic rings. The number of aryl methyl sites for hydroxylation is 1. The van der Waals surface area contributed by atoms with E-state index in [9.17, 15) is 13.2 Å². The molecule has 0 aliphatic heterocycles. The third-order valence-electron chi connectivity index (χ3n) is 2.94. The standard InChI is InChI=1S/C13H11F3N4S/c1-2-4-10-19-20-11(17-18-12(20)21-10)8-5-3-6-9(7-8)13(14,15)16/h3,5-7H,2,4H2,1H3. The van der Waals surface area contributed by atoms with Gasteiger partial charge in [0.25, 0.3) is 0 Å². The van der Waals surface area contributed by atoms with Gasteiger partial charge in [-0.2, -0.15) is 22.8 Å². The first-order chi connectivity index (χ1) is 9.99. The summed E-state index contributed by atoms with van der Waals surface area (Å²) in [5, 5.41) is 13.2. The number of hydrogen-bond acceptors (Lipinski definition) is 4. The van der Waals surface area contributed by atoms with Crippen LogP contribution >= 0.6 is 11.3 Å². The van der Waals surface area contributed by atoms with Gasteiger partial charge in [-0.1, -0.05) is 30.4 Å². The number of aromatic nitrogens is 4. The summed E-state index contributed by atoms with van der Waals surface area (Å²) < 4.78 is 39.8. The maximum Gasteiger partial charge on any atom is 0.416 e. The quantitative estimate of drug-likeness (QED) is 0.738. The molecule has 2 heterocycles. The van der Waals surface area contributed by atoms with Crippen LogP contribution in [0, 0.1) is 0 Å². The van der Waals surface area contributed by atoms with Crippen molar-refractivity contribution in [1.29, 1.82) is 0 Å². The molecule has 8 heteroatoms. The minimum atomic E-state index is -4.38. The van der Waals surface area contributed by atoms with Gasteiger partial charge in [-0.25, -0.2) is 0 Å². The monoisotopic (exact) mass is 312 g/mol. The first-order valence-electron chi connectivity index (χ1n) is 6.38. The fraction of sp³-hybridized carbons (Fsp3) is 0.308. The molecule has 0 unspecified atom stereocenters. The summed E-state index contributed by atoms with van der Waals surface area (Å²) in [6.07, 6.45) is -2.62. The normalized spacial score (nSPS) is 12.2. The van der Waals surface area contributed by atoms with Crippen molar-refractivity contribution in [3.05, 3.63) is 34.8 Å². The van der Waals surface area contributed by atoms with Crippen molar-refractivity contribution in [2.75, 3.05) is 0 Å². The van der Waals surface area contributed by atoms with Crippen molar-refractivity contribution in [3.63, 3.8) is 0 Å². The predicted octanol–water partition coefficient (Wildman–Crippen LogP) is 3.82. The van der Waals surface area contributed by atoms with Gasteiger partial charge in [-0.15, -0.1) is 10.2 Å². The molecule has 3 aromatic rings. The smallest absolute Gasteiger partial charge is 0.183 e. The van der Waals surface area contributed by atoms with Crippen molar-refractivity contribution in [1.82, 2.24) is 19.8 Å². The number of hydrogen-bond donors (Lipinski definition) is 0. The molecule has 1 aromatic carbocycles. The molecule has 2 aromatic heterocycles. The highest BCUT2D eigenvalue weighted by Crippen LogP contribution is 2.32. The Bertz CT molecular complexity index is 775. The van der Waals surface area contributed by atoms with Crippen molar-refractivity contribution in [3.8, 4) is 11.4 Å². The second kappa shape index (κ2) is 5.10. The van der Waals surface area contributed by atoms with Crippen LogP contribution in [-0.2, 0) is 12.6 Å². The topological polar surface area (TPSA) is 43.1 Å². The summed E-state index contributed by atoms with van der Waals surface area (Å²) in [5.74, 6) is 0.328. The van der Waals surface area contributed by atoms with Crippen molar-refractivity contribution < 1.29 is 13.2 Å². The van der Waals surface area contributed by atoms with Gasteiger partial charge in [0, 0.05) is 12.0 Å². The number of halogens is 3. The Morgan fingerprint density at radius 2 is 2.05 bits per heavy atom. The lowest BCUT2D eigenvalue weighted by Crippen LogP contribution is -2.05. The third kappa shape index (κ3) is 2.63. The lowest BCUT2D eigenvalue weighted by Gasteiger charge is -2.07. The SMILES string of the molecule is CCCc1nn2c(-c3cccc(C(F)(F)F)c3)nnc2s1. The maximum absolute atomic E-state index is 12.8. The lowest BCUT2D eigenvalue weighted by molar-refractivity contribution is -0.137. The summed E-state index contributed by atoms with van der Waals surface area (Å²) in [7, 11) is 0. The van der Waals surface area contributed by atoms with E-state index in [1.54, 1.807) is 6.07 Å². The number of rotatable bonds is 3. The van der Waals surface area contributed by atoms with E-state index >= 15 is 0 Å². The molecule has 0 aliphatic carbocycles. The Labute approximate surface area is 122 Å². The summed E-state index contributed by atoms with van der Waals surface area (Å²) in [6.45, 7) is 2.04. The Morgan fingerprint density at radius 3 is 2.76 bits per heavy atom. The van der Waals surface area contributed by atoms with E-state index in [2.05, 4.69) is 15.3 Å². The zero-order chi connectivity index (χ0) is 15.0. The lowest BCUT2D eigenvalue weighted by atomic mass is 10.1. The van der Waals surface area contributed by atoms with Crippen LogP contribution in [-0.4, -0.2) is 19.8 Å². The van der Waals surface area contributed by atoms with Gasteiger partial charge >= 0.3 is 6.18 Å². The van der Waals surface area contributed by atoms with Gasteiger partial charge in [-0.3, -0.25) is 0 Å². The van der Waals surface area contributed by atoms with Crippen molar-refractivity contribution in [2.45, 2.75) is 25.9 Å². The molecule has 0 amide bonds. The second-order valence-electron chi connectivity index (χ2n) is 4.54.